The number of fused-ring (bicyclic) bond motifs is 1. The third-order valence-corrected chi connectivity index (χ3v) is 5.21. The molecule has 1 heterocycles. The summed E-state index contributed by atoms with van der Waals surface area (Å²) in [5, 5.41) is 3.37. The summed E-state index contributed by atoms with van der Waals surface area (Å²) in [4.78, 5) is 31.8. The van der Waals surface area contributed by atoms with Crippen LogP contribution in [0.3, 0.4) is 0 Å². The molecular formula is C22H22F3N3O3S. The number of nitrogens with one attached hydrogen (secondary N) is 2. The topological polar surface area (TPSA) is 84.1 Å². The number of hydrogen-bond donors (Lipinski definition) is 2. The van der Waals surface area contributed by atoms with Crippen LogP contribution in [0.2, 0.25) is 0 Å². The number of H-pyrrole nitrogens is 1. The first kappa shape index (κ1) is 23.6. The molecule has 1 aromatic heterocycles. The van der Waals surface area contributed by atoms with Crippen molar-refractivity contribution in [1.29, 1.82) is 0 Å². The van der Waals surface area contributed by atoms with Gasteiger partial charge in [-0.3, -0.25) is 9.59 Å². The molecule has 0 bridgehead atoms. The van der Waals surface area contributed by atoms with Crippen molar-refractivity contribution in [3.63, 3.8) is 0 Å². The lowest BCUT2D eigenvalue weighted by Crippen LogP contribution is -2.32. The SMILES string of the molecule is CC(C)(C)CNC(=O)c1ccc2c(=O)[nH]c(SCc3ccccc3OC(F)(F)F)nc2c1. The molecule has 0 unspecified atom stereocenters. The number of alkyl halides is 3. The first-order valence-corrected chi connectivity index (χ1v) is 10.7. The molecule has 0 aliphatic carbocycles. The molecule has 2 aromatic carbocycles. The Labute approximate surface area is 186 Å². The van der Waals surface area contributed by atoms with Crippen LogP contribution >= 0.6 is 11.8 Å². The lowest BCUT2D eigenvalue weighted by Gasteiger charge is -2.18. The van der Waals surface area contributed by atoms with E-state index in [0.717, 1.165) is 11.8 Å². The van der Waals surface area contributed by atoms with E-state index in [9.17, 15) is 22.8 Å². The quantitative estimate of drug-likeness (QED) is 0.400. The summed E-state index contributed by atoms with van der Waals surface area (Å²) >= 11 is 1.06. The number of aromatic nitrogens is 2. The van der Waals surface area contributed by atoms with E-state index < -0.39 is 11.9 Å². The van der Waals surface area contributed by atoms with Crippen LogP contribution in [0.5, 0.6) is 5.75 Å². The largest absolute Gasteiger partial charge is 0.573 e. The van der Waals surface area contributed by atoms with Gasteiger partial charge in [0.25, 0.3) is 11.5 Å². The van der Waals surface area contributed by atoms with Crippen LogP contribution in [0, 0.1) is 5.41 Å². The normalized spacial score (nSPS) is 12.1. The molecule has 6 nitrogen and oxygen atoms in total. The van der Waals surface area contributed by atoms with E-state index in [0.29, 0.717) is 28.6 Å². The van der Waals surface area contributed by atoms with Crippen LogP contribution in [0.4, 0.5) is 13.2 Å². The van der Waals surface area contributed by atoms with E-state index in [2.05, 4.69) is 20.0 Å². The molecule has 0 atom stereocenters. The Morgan fingerprint density at radius 2 is 1.88 bits per heavy atom. The van der Waals surface area contributed by atoms with Gasteiger partial charge in [-0.1, -0.05) is 50.7 Å². The van der Waals surface area contributed by atoms with Crippen LogP contribution in [0.1, 0.15) is 36.7 Å². The molecule has 0 radical (unpaired) electrons. The second-order valence-corrected chi connectivity index (χ2v) is 9.25. The number of rotatable bonds is 6. The molecule has 0 fully saturated rings. The molecule has 10 heteroatoms. The summed E-state index contributed by atoms with van der Waals surface area (Å²) in [6.45, 7) is 6.47. The highest BCUT2D eigenvalue weighted by Crippen LogP contribution is 2.30. The van der Waals surface area contributed by atoms with Crippen molar-refractivity contribution in [2.75, 3.05) is 6.54 Å². The predicted molar refractivity (Wildman–Crippen MR) is 117 cm³/mol. The molecule has 0 spiro atoms. The van der Waals surface area contributed by atoms with Crippen molar-refractivity contribution in [3.05, 3.63) is 63.9 Å². The zero-order valence-corrected chi connectivity index (χ0v) is 18.5. The fourth-order valence-electron chi connectivity index (χ4n) is 2.77. The molecule has 0 aliphatic heterocycles. The van der Waals surface area contributed by atoms with E-state index in [4.69, 9.17) is 0 Å². The molecule has 170 valence electrons. The molecule has 0 aliphatic rings. The van der Waals surface area contributed by atoms with Crippen molar-refractivity contribution in [2.24, 2.45) is 5.41 Å². The molecule has 0 saturated heterocycles. The smallest absolute Gasteiger partial charge is 0.405 e. The summed E-state index contributed by atoms with van der Waals surface area (Å²) in [6, 6.07) is 10.4. The van der Waals surface area contributed by atoms with Gasteiger partial charge in [0.15, 0.2) is 5.16 Å². The molecule has 3 rings (SSSR count). The third-order valence-electron chi connectivity index (χ3n) is 4.29. The maximum absolute atomic E-state index is 12.6. The van der Waals surface area contributed by atoms with Crippen molar-refractivity contribution in [3.8, 4) is 5.75 Å². The average Bonchev–Trinajstić information content (AvgIpc) is 2.69. The van der Waals surface area contributed by atoms with Crippen LogP contribution in [-0.2, 0) is 5.75 Å². The summed E-state index contributed by atoms with van der Waals surface area (Å²) in [7, 11) is 0. The summed E-state index contributed by atoms with van der Waals surface area (Å²) in [5.74, 6) is -0.503. The minimum atomic E-state index is -4.81. The Balaban J connectivity index is 1.82. The van der Waals surface area contributed by atoms with E-state index in [1.54, 1.807) is 12.1 Å². The number of aromatic amines is 1. The molecule has 2 N–H and O–H groups in total. The van der Waals surface area contributed by atoms with Gasteiger partial charge in [-0.05, 0) is 29.7 Å². The Hall–Kier alpha value is -3.01. The number of benzene rings is 2. The first-order valence-electron chi connectivity index (χ1n) is 9.70. The van der Waals surface area contributed by atoms with Gasteiger partial charge >= 0.3 is 6.36 Å². The Morgan fingerprint density at radius 1 is 1.16 bits per heavy atom. The van der Waals surface area contributed by atoms with Crippen LogP contribution in [-0.4, -0.2) is 28.8 Å². The van der Waals surface area contributed by atoms with Crippen molar-refractivity contribution < 1.29 is 22.7 Å². The molecule has 32 heavy (non-hydrogen) atoms. The fraction of sp³-hybridized carbons (Fsp3) is 0.318. The maximum Gasteiger partial charge on any atom is 0.573 e. The van der Waals surface area contributed by atoms with E-state index in [-0.39, 0.29) is 28.0 Å². The van der Waals surface area contributed by atoms with E-state index in [1.165, 1.54) is 30.3 Å². The molecule has 1 amide bonds. The van der Waals surface area contributed by atoms with Gasteiger partial charge in [-0.25, -0.2) is 4.98 Å². The fourth-order valence-corrected chi connectivity index (χ4v) is 3.63. The van der Waals surface area contributed by atoms with Gasteiger partial charge in [0.2, 0.25) is 0 Å². The molecular weight excluding hydrogens is 443 g/mol. The van der Waals surface area contributed by atoms with Crippen molar-refractivity contribution in [1.82, 2.24) is 15.3 Å². The number of thioether (sulfide) groups is 1. The standard InChI is InChI=1S/C22H22F3N3O3S/c1-21(2,3)12-26-18(29)13-8-9-15-16(10-13)27-20(28-19(15)30)32-11-14-6-4-5-7-17(14)31-22(23,24)25/h4-10H,11-12H2,1-3H3,(H,26,29)(H,27,28,30). The van der Waals surface area contributed by atoms with Crippen molar-refractivity contribution in [2.45, 2.75) is 38.0 Å². The van der Waals surface area contributed by atoms with Gasteiger partial charge in [0.1, 0.15) is 5.75 Å². The minimum absolute atomic E-state index is 0.0855. The van der Waals surface area contributed by atoms with Crippen molar-refractivity contribution >= 4 is 28.6 Å². The van der Waals surface area contributed by atoms with Gasteiger partial charge in [0, 0.05) is 23.4 Å². The third kappa shape index (κ3) is 6.49. The van der Waals surface area contributed by atoms with Crippen LogP contribution in [0.15, 0.2) is 52.4 Å². The monoisotopic (exact) mass is 465 g/mol. The lowest BCUT2D eigenvalue weighted by molar-refractivity contribution is -0.274. The summed E-state index contributed by atoms with van der Waals surface area (Å²) in [6.07, 6.45) is -4.81. The van der Waals surface area contributed by atoms with E-state index >= 15 is 0 Å². The highest BCUT2D eigenvalue weighted by molar-refractivity contribution is 7.98. The number of para-hydroxylation sites is 1. The van der Waals surface area contributed by atoms with Gasteiger partial charge in [0.05, 0.1) is 10.9 Å². The van der Waals surface area contributed by atoms with Crippen LogP contribution < -0.4 is 15.6 Å². The molecule has 0 saturated carbocycles. The second-order valence-electron chi connectivity index (χ2n) is 8.29. The number of ether oxygens (including phenoxy) is 1. The Kier molecular flexibility index (Phi) is 6.82. The average molecular weight is 465 g/mol. The number of carbonyl (C=O) groups excluding carboxylic acids is 1. The van der Waals surface area contributed by atoms with Gasteiger partial charge < -0.3 is 15.0 Å². The Bertz CT molecular complexity index is 1190. The first-order chi connectivity index (χ1) is 14.9. The minimum Gasteiger partial charge on any atom is -0.405 e. The predicted octanol–water partition coefficient (Wildman–Crippen LogP) is 4.89. The summed E-state index contributed by atoms with van der Waals surface area (Å²) in [5.41, 5.74) is 0.490. The highest BCUT2D eigenvalue weighted by atomic mass is 32.2. The number of nitrogens with zero attached hydrogens (tertiary/aromatic N) is 1. The molecule has 3 aromatic rings. The van der Waals surface area contributed by atoms with Gasteiger partial charge in [-0.2, -0.15) is 0 Å². The van der Waals surface area contributed by atoms with E-state index in [1.807, 2.05) is 20.8 Å². The second kappa shape index (κ2) is 9.23. The zero-order chi connectivity index (χ0) is 23.5. The van der Waals surface area contributed by atoms with Crippen LogP contribution in [0.25, 0.3) is 10.9 Å². The summed E-state index contributed by atoms with van der Waals surface area (Å²) < 4.78 is 41.9. The number of amides is 1. The zero-order valence-electron chi connectivity index (χ0n) is 17.7. The lowest BCUT2D eigenvalue weighted by atomic mass is 9.97. The van der Waals surface area contributed by atoms with Gasteiger partial charge in [-0.15, -0.1) is 13.2 Å². The highest BCUT2D eigenvalue weighted by Gasteiger charge is 2.32. The Morgan fingerprint density at radius 3 is 2.56 bits per heavy atom. The number of carbonyl (C=O) groups is 1. The maximum atomic E-state index is 12.6. The number of halogens is 3. The number of hydrogen-bond acceptors (Lipinski definition) is 5.